The zero-order valence-corrected chi connectivity index (χ0v) is 12.4. The van der Waals surface area contributed by atoms with E-state index in [2.05, 4.69) is 19.0 Å². The van der Waals surface area contributed by atoms with E-state index in [1.807, 2.05) is 11.8 Å². The third kappa shape index (κ3) is 4.40. The average Bonchev–Trinajstić information content (AvgIpc) is 2.55. The lowest BCUT2D eigenvalue weighted by Crippen LogP contribution is -2.42. The number of nitrogens with two attached hydrogens (primary N) is 1. The molecule has 110 valence electrons. The summed E-state index contributed by atoms with van der Waals surface area (Å²) in [6.07, 6.45) is 4.64. The van der Waals surface area contributed by atoms with Gasteiger partial charge in [0.1, 0.15) is 0 Å². The van der Waals surface area contributed by atoms with Gasteiger partial charge < -0.3 is 15.8 Å². The van der Waals surface area contributed by atoms with Crippen molar-refractivity contribution in [3.63, 3.8) is 0 Å². The largest absolute Gasteiger partial charge is 0.409 e. The molecule has 19 heavy (non-hydrogen) atoms. The number of hydrogen-bond donors (Lipinski definition) is 2. The van der Waals surface area contributed by atoms with E-state index in [4.69, 9.17) is 10.9 Å². The Kier molecular flexibility index (Phi) is 5.63. The van der Waals surface area contributed by atoms with E-state index < -0.39 is 5.92 Å². The zero-order chi connectivity index (χ0) is 14.5. The predicted molar refractivity (Wildman–Crippen MR) is 76.0 cm³/mol. The van der Waals surface area contributed by atoms with Gasteiger partial charge in [-0.25, -0.2) is 0 Å². The Morgan fingerprint density at radius 3 is 2.68 bits per heavy atom. The van der Waals surface area contributed by atoms with Crippen molar-refractivity contribution in [3.05, 3.63) is 0 Å². The molecule has 0 bridgehead atoms. The molecular weight excluding hydrogens is 242 g/mol. The second-order valence-electron chi connectivity index (χ2n) is 6.21. The molecule has 1 rings (SSSR count). The van der Waals surface area contributed by atoms with Crippen molar-refractivity contribution in [2.45, 2.75) is 52.9 Å². The van der Waals surface area contributed by atoms with E-state index in [9.17, 15) is 4.79 Å². The lowest BCUT2D eigenvalue weighted by atomic mass is 9.85. The Bertz CT molecular complexity index is 340. The number of likely N-dealkylation sites (tertiary alicyclic amines) is 1. The summed E-state index contributed by atoms with van der Waals surface area (Å²) in [6.45, 7) is 8.03. The molecule has 3 N–H and O–H groups in total. The summed E-state index contributed by atoms with van der Waals surface area (Å²) < 4.78 is 0. The number of rotatable bonds is 4. The van der Waals surface area contributed by atoms with Crippen LogP contribution in [-0.4, -0.2) is 34.9 Å². The Balaban J connectivity index is 2.74. The maximum absolute atomic E-state index is 12.5. The summed E-state index contributed by atoms with van der Waals surface area (Å²) in [7, 11) is 0. The maximum atomic E-state index is 12.5. The van der Waals surface area contributed by atoms with Gasteiger partial charge in [0.25, 0.3) is 0 Å². The number of amides is 1. The van der Waals surface area contributed by atoms with E-state index in [1.165, 1.54) is 0 Å². The molecule has 1 unspecified atom stereocenters. The molecule has 0 aromatic heterocycles. The zero-order valence-electron chi connectivity index (χ0n) is 12.4. The first-order valence-corrected chi connectivity index (χ1v) is 7.17. The summed E-state index contributed by atoms with van der Waals surface area (Å²) in [4.78, 5) is 14.4. The first-order chi connectivity index (χ1) is 8.91. The van der Waals surface area contributed by atoms with E-state index >= 15 is 0 Å². The minimum Gasteiger partial charge on any atom is -0.409 e. The quantitative estimate of drug-likeness (QED) is 0.355. The number of carbonyl (C=O) groups is 1. The molecule has 1 amide bonds. The van der Waals surface area contributed by atoms with Crippen molar-refractivity contribution in [2.24, 2.45) is 22.2 Å². The van der Waals surface area contributed by atoms with Crippen LogP contribution < -0.4 is 5.73 Å². The maximum Gasteiger partial charge on any atom is 0.233 e. The molecule has 0 saturated carbocycles. The Labute approximate surface area is 115 Å². The molecule has 0 aliphatic carbocycles. The van der Waals surface area contributed by atoms with Gasteiger partial charge >= 0.3 is 0 Å². The van der Waals surface area contributed by atoms with Gasteiger partial charge in [0.2, 0.25) is 5.91 Å². The lowest BCUT2D eigenvalue weighted by Gasteiger charge is -2.26. The lowest BCUT2D eigenvalue weighted by molar-refractivity contribution is -0.133. The van der Waals surface area contributed by atoms with Crippen LogP contribution in [-0.2, 0) is 4.79 Å². The SMILES string of the molecule is CCCC(C(=O)N1CCCC(C)(C)CC1)C(N)=NO. The summed E-state index contributed by atoms with van der Waals surface area (Å²) in [5.74, 6) is -0.429. The molecule has 1 atom stereocenters. The van der Waals surface area contributed by atoms with Crippen LogP contribution in [0.5, 0.6) is 0 Å². The van der Waals surface area contributed by atoms with E-state index in [0.717, 1.165) is 38.8 Å². The molecule has 0 aromatic rings. The van der Waals surface area contributed by atoms with Gasteiger partial charge in [0.05, 0.1) is 5.92 Å². The van der Waals surface area contributed by atoms with Crippen LogP contribution in [0.2, 0.25) is 0 Å². The van der Waals surface area contributed by atoms with Crippen LogP contribution in [0.3, 0.4) is 0 Å². The minimum absolute atomic E-state index is 0.00912. The highest BCUT2D eigenvalue weighted by molar-refractivity contribution is 6.02. The first kappa shape index (κ1) is 15.8. The van der Waals surface area contributed by atoms with Crippen molar-refractivity contribution in [1.82, 2.24) is 4.90 Å². The summed E-state index contributed by atoms with van der Waals surface area (Å²) >= 11 is 0. The van der Waals surface area contributed by atoms with Crippen LogP contribution in [0.25, 0.3) is 0 Å². The van der Waals surface area contributed by atoms with Crippen molar-refractivity contribution >= 4 is 11.7 Å². The van der Waals surface area contributed by atoms with E-state index in [-0.39, 0.29) is 11.7 Å². The molecule has 1 saturated heterocycles. The molecular formula is C14H27N3O2. The molecule has 1 aliphatic heterocycles. The van der Waals surface area contributed by atoms with Crippen LogP contribution in [0.15, 0.2) is 5.16 Å². The molecule has 0 aromatic carbocycles. The fourth-order valence-electron chi connectivity index (χ4n) is 2.62. The molecule has 5 heteroatoms. The van der Waals surface area contributed by atoms with Crippen LogP contribution in [0.4, 0.5) is 0 Å². The fraction of sp³-hybridized carbons (Fsp3) is 0.857. The number of amidine groups is 1. The van der Waals surface area contributed by atoms with Gasteiger partial charge in [-0.3, -0.25) is 4.79 Å². The number of hydrogen-bond acceptors (Lipinski definition) is 3. The highest BCUT2D eigenvalue weighted by Gasteiger charge is 2.30. The molecule has 5 nitrogen and oxygen atoms in total. The van der Waals surface area contributed by atoms with Gasteiger partial charge in [0, 0.05) is 13.1 Å². The standard InChI is InChI=1S/C14H27N3O2/c1-4-6-11(12(15)16-19)13(18)17-9-5-7-14(2,3)8-10-17/h11,19H,4-10H2,1-3H3,(H2,15,16). The van der Waals surface area contributed by atoms with Crippen molar-refractivity contribution in [1.29, 1.82) is 0 Å². The summed E-state index contributed by atoms with van der Waals surface area (Å²) in [6, 6.07) is 0. The summed E-state index contributed by atoms with van der Waals surface area (Å²) in [5, 5.41) is 11.8. The Hall–Kier alpha value is -1.26. The predicted octanol–water partition coefficient (Wildman–Crippen LogP) is 2.19. The molecule has 1 fully saturated rings. The van der Waals surface area contributed by atoms with Gasteiger partial charge in [-0.1, -0.05) is 32.3 Å². The van der Waals surface area contributed by atoms with Gasteiger partial charge in [-0.2, -0.15) is 0 Å². The van der Waals surface area contributed by atoms with Crippen LogP contribution >= 0.6 is 0 Å². The average molecular weight is 269 g/mol. The molecule has 0 radical (unpaired) electrons. The number of nitrogens with zero attached hydrogens (tertiary/aromatic N) is 2. The highest BCUT2D eigenvalue weighted by atomic mass is 16.4. The van der Waals surface area contributed by atoms with E-state index in [1.54, 1.807) is 0 Å². The normalized spacial score (nSPS) is 21.8. The van der Waals surface area contributed by atoms with Crippen molar-refractivity contribution in [2.75, 3.05) is 13.1 Å². The Morgan fingerprint density at radius 1 is 1.42 bits per heavy atom. The van der Waals surface area contributed by atoms with Crippen LogP contribution in [0, 0.1) is 11.3 Å². The molecule has 0 spiro atoms. The third-order valence-corrected chi connectivity index (χ3v) is 4.00. The van der Waals surface area contributed by atoms with Crippen molar-refractivity contribution in [3.8, 4) is 0 Å². The number of carbonyl (C=O) groups excluding carboxylic acids is 1. The van der Waals surface area contributed by atoms with Crippen molar-refractivity contribution < 1.29 is 10.0 Å². The van der Waals surface area contributed by atoms with Crippen LogP contribution in [0.1, 0.15) is 52.9 Å². The fourth-order valence-corrected chi connectivity index (χ4v) is 2.62. The third-order valence-electron chi connectivity index (χ3n) is 4.00. The van der Waals surface area contributed by atoms with Gasteiger partial charge in [0.15, 0.2) is 5.84 Å². The van der Waals surface area contributed by atoms with Gasteiger partial charge in [-0.15, -0.1) is 0 Å². The smallest absolute Gasteiger partial charge is 0.233 e. The molecule has 1 heterocycles. The highest BCUT2D eigenvalue weighted by Crippen LogP contribution is 2.30. The first-order valence-electron chi connectivity index (χ1n) is 7.17. The monoisotopic (exact) mass is 269 g/mol. The second kappa shape index (κ2) is 6.78. The molecule has 1 aliphatic rings. The topological polar surface area (TPSA) is 78.9 Å². The summed E-state index contributed by atoms with van der Waals surface area (Å²) in [5.41, 5.74) is 5.95. The Morgan fingerprint density at radius 2 is 2.11 bits per heavy atom. The van der Waals surface area contributed by atoms with Gasteiger partial charge in [-0.05, 0) is 31.1 Å². The minimum atomic E-state index is -0.476. The number of oxime groups is 1. The van der Waals surface area contributed by atoms with E-state index in [0.29, 0.717) is 11.8 Å². The second-order valence-corrected chi connectivity index (χ2v) is 6.21.